The molecular weight excluding hydrogens is 234 g/mol. The van der Waals surface area contributed by atoms with E-state index in [9.17, 15) is 0 Å². The largest absolute Gasteiger partial charge is 0.465 e. The highest BCUT2D eigenvalue weighted by Crippen LogP contribution is 2.23. The first-order valence-corrected chi connectivity index (χ1v) is 6.87. The Bertz CT molecular complexity index is 556. The summed E-state index contributed by atoms with van der Waals surface area (Å²) in [7, 11) is 0. The summed E-state index contributed by atoms with van der Waals surface area (Å²) in [6.45, 7) is 10.6. The summed E-state index contributed by atoms with van der Waals surface area (Å²) >= 11 is 0. The summed E-state index contributed by atoms with van der Waals surface area (Å²) in [5.74, 6) is 1.96. The average molecular weight is 257 g/mol. The molecule has 0 aliphatic rings. The van der Waals surface area contributed by atoms with Gasteiger partial charge in [-0.2, -0.15) is 0 Å². The molecule has 1 aromatic carbocycles. The van der Waals surface area contributed by atoms with E-state index in [-0.39, 0.29) is 6.04 Å². The van der Waals surface area contributed by atoms with Crippen molar-refractivity contribution >= 4 is 0 Å². The predicted octanol–water partition coefficient (Wildman–Crippen LogP) is 4.62. The summed E-state index contributed by atoms with van der Waals surface area (Å²) in [4.78, 5) is 0. The van der Waals surface area contributed by atoms with Gasteiger partial charge >= 0.3 is 0 Å². The Morgan fingerprint density at radius 3 is 2.32 bits per heavy atom. The van der Waals surface area contributed by atoms with Crippen LogP contribution in [0.4, 0.5) is 0 Å². The first kappa shape index (κ1) is 13.9. The maximum atomic E-state index is 5.67. The topological polar surface area (TPSA) is 25.2 Å². The number of hydrogen-bond acceptors (Lipinski definition) is 2. The molecule has 2 unspecified atom stereocenters. The van der Waals surface area contributed by atoms with Gasteiger partial charge in [0.1, 0.15) is 11.5 Å². The summed E-state index contributed by atoms with van der Waals surface area (Å²) in [6.07, 6.45) is 0. The quantitative estimate of drug-likeness (QED) is 0.864. The van der Waals surface area contributed by atoms with E-state index >= 15 is 0 Å². The Kier molecular flexibility index (Phi) is 4.11. The third kappa shape index (κ3) is 3.27. The average Bonchev–Trinajstić information content (AvgIpc) is 2.79. The first-order valence-electron chi connectivity index (χ1n) is 6.87. The van der Waals surface area contributed by atoms with E-state index < -0.39 is 0 Å². The van der Waals surface area contributed by atoms with Gasteiger partial charge in [0.2, 0.25) is 0 Å². The van der Waals surface area contributed by atoms with Gasteiger partial charge in [-0.15, -0.1) is 0 Å². The molecule has 2 aromatic rings. The van der Waals surface area contributed by atoms with Crippen LogP contribution in [0.1, 0.15) is 54.1 Å². The zero-order valence-corrected chi connectivity index (χ0v) is 12.4. The van der Waals surface area contributed by atoms with E-state index in [1.54, 1.807) is 0 Å². The second-order valence-electron chi connectivity index (χ2n) is 5.42. The second kappa shape index (κ2) is 5.62. The monoisotopic (exact) mass is 257 g/mol. The molecule has 2 rings (SSSR count). The fourth-order valence-corrected chi connectivity index (χ4v) is 2.46. The summed E-state index contributed by atoms with van der Waals surface area (Å²) in [5.41, 5.74) is 3.99. The van der Waals surface area contributed by atoms with Gasteiger partial charge in [0.05, 0.1) is 6.04 Å². The fourth-order valence-electron chi connectivity index (χ4n) is 2.46. The fraction of sp³-hybridized carbons (Fsp3) is 0.412. The van der Waals surface area contributed by atoms with Gasteiger partial charge < -0.3 is 9.73 Å². The minimum atomic E-state index is 0.212. The third-order valence-corrected chi connectivity index (χ3v) is 3.59. The number of rotatable bonds is 4. The van der Waals surface area contributed by atoms with Gasteiger partial charge in [-0.05, 0) is 57.9 Å². The number of hydrogen-bond donors (Lipinski definition) is 1. The van der Waals surface area contributed by atoms with Gasteiger partial charge in [-0.3, -0.25) is 0 Å². The van der Waals surface area contributed by atoms with Crippen LogP contribution in [0.15, 0.2) is 34.7 Å². The highest BCUT2D eigenvalue weighted by atomic mass is 16.3. The SMILES string of the molecule is Cc1ccc(C)c(C(C)NC(C)c2ccc(C)o2)c1. The van der Waals surface area contributed by atoms with Gasteiger partial charge in [0.15, 0.2) is 0 Å². The van der Waals surface area contributed by atoms with Crippen molar-refractivity contribution in [1.82, 2.24) is 5.32 Å². The lowest BCUT2D eigenvalue weighted by Crippen LogP contribution is -2.22. The van der Waals surface area contributed by atoms with Crippen molar-refractivity contribution in [3.05, 3.63) is 58.5 Å². The van der Waals surface area contributed by atoms with E-state index in [4.69, 9.17) is 4.42 Å². The third-order valence-electron chi connectivity index (χ3n) is 3.59. The smallest absolute Gasteiger partial charge is 0.120 e. The van der Waals surface area contributed by atoms with Crippen molar-refractivity contribution in [2.45, 2.75) is 46.7 Å². The first-order chi connectivity index (χ1) is 8.97. The molecule has 2 nitrogen and oxygen atoms in total. The number of nitrogens with one attached hydrogen (secondary N) is 1. The lowest BCUT2D eigenvalue weighted by molar-refractivity contribution is 0.392. The van der Waals surface area contributed by atoms with E-state index in [0.717, 1.165) is 11.5 Å². The van der Waals surface area contributed by atoms with Crippen LogP contribution in [0, 0.1) is 20.8 Å². The van der Waals surface area contributed by atoms with Crippen LogP contribution in [0.2, 0.25) is 0 Å². The van der Waals surface area contributed by atoms with Crippen molar-refractivity contribution in [1.29, 1.82) is 0 Å². The van der Waals surface area contributed by atoms with Crippen molar-refractivity contribution in [2.24, 2.45) is 0 Å². The van der Waals surface area contributed by atoms with Crippen LogP contribution < -0.4 is 5.32 Å². The minimum Gasteiger partial charge on any atom is -0.465 e. The molecule has 2 heteroatoms. The summed E-state index contributed by atoms with van der Waals surface area (Å²) < 4.78 is 5.67. The molecule has 0 aliphatic heterocycles. The van der Waals surface area contributed by atoms with E-state index in [1.165, 1.54) is 16.7 Å². The molecule has 0 radical (unpaired) electrons. The van der Waals surface area contributed by atoms with Crippen LogP contribution in [-0.2, 0) is 0 Å². The molecule has 0 aliphatic carbocycles. The van der Waals surface area contributed by atoms with Gasteiger partial charge in [0, 0.05) is 6.04 Å². The second-order valence-corrected chi connectivity index (χ2v) is 5.42. The highest BCUT2D eigenvalue weighted by Gasteiger charge is 2.15. The summed E-state index contributed by atoms with van der Waals surface area (Å²) in [6, 6.07) is 11.2. The molecule has 102 valence electrons. The standard InChI is InChI=1S/C17H23NO/c1-11-6-7-12(2)16(10-11)14(4)18-15(5)17-9-8-13(3)19-17/h6-10,14-15,18H,1-5H3. The van der Waals surface area contributed by atoms with Crippen LogP contribution in [-0.4, -0.2) is 0 Å². The van der Waals surface area contributed by atoms with Crippen molar-refractivity contribution in [3.63, 3.8) is 0 Å². The minimum absolute atomic E-state index is 0.212. The Morgan fingerprint density at radius 1 is 0.947 bits per heavy atom. The van der Waals surface area contributed by atoms with Crippen molar-refractivity contribution < 1.29 is 4.42 Å². The summed E-state index contributed by atoms with van der Waals surface area (Å²) in [5, 5.41) is 3.60. The van der Waals surface area contributed by atoms with Gasteiger partial charge in [0.25, 0.3) is 0 Å². The zero-order chi connectivity index (χ0) is 14.0. The number of benzene rings is 1. The molecule has 0 amide bonds. The molecule has 0 spiro atoms. The Balaban J connectivity index is 2.12. The number of aryl methyl sites for hydroxylation is 3. The van der Waals surface area contributed by atoms with E-state index in [2.05, 4.69) is 51.2 Å². The van der Waals surface area contributed by atoms with Crippen molar-refractivity contribution in [2.75, 3.05) is 0 Å². The van der Waals surface area contributed by atoms with Gasteiger partial charge in [-0.25, -0.2) is 0 Å². The predicted molar refractivity (Wildman–Crippen MR) is 79.3 cm³/mol. The number of furan rings is 1. The molecule has 0 fully saturated rings. The van der Waals surface area contributed by atoms with E-state index in [0.29, 0.717) is 6.04 Å². The molecule has 1 N–H and O–H groups in total. The van der Waals surface area contributed by atoms with Crippen LogP contribution in [0.5, 0.6) is 0 Å². The molecule has 1 heterocycles. The maximum Gasteiger partial charge on any atom is 0.120 e. The van der Waals surface area contributed by atoms with Crippen LogP contribution >= 0.6 is 0 Å². The zero-order valence-electron chi connectivity index (χ0n) is 12.4. The molecule has 0 bridgehead atoms. The normalized spacial score (nSPS) is 14.4. The van der Waals surface area contributed by atoms with Gasteiger partial charge in [-0.1, -0.05) is 23.8 Å². The highest BCUT2D eigenvalue weighted by molar-refractivity contribution is 5.32. The Morgan fingerprint density at radius 2 is 1.68 bits per heavy atom. The lowest BCUT2D eigenvalue weighted by Gasteiger charge is -2.21. The lowest BCUT2D eigenvalue weighted by atomic mass is 9.99. The van der Waals surface area contributed by atoms with E-state index in [1.807, 2.05) is 19.1 Å². The van der Waals surface area contributed by atoms with Crippen LogP contribution in [0.3, 0.4) is 0 Å². The molecular formula is C17H23NO. The Labute approximate surface area is 115 Å². The molecule has 19 heavy (non-hydrogen) atoms. The molecule has 0 saturated carbocycles. The molecule has 2 atom stereocenters. The molecule has 1 aromatic heterocycles. The molecule has 0 saturated heterocycles. The van der Waals surface area contributed by atoms with Crippen molar-refractivity contribution in [3.8, 4) is 0 Å². The Hall–Kier alpha value is -1.54. The van der Waals surface area contributed by atoms with Crippen LogP contribution in [0.25, 0.3) is 0 Å². The maximum absolute atomic E-state index is 5.67.